The highest BCUT2D eigenvalue weighted by Gasteiger charge is 2.42. The second kappa shape index (κ2) is 7.28. The number of nitrogens with one attached hydrogen (secondary N) is 1. The van der Waals surface area contributed by atoms with Gasteiger partial charge < -0.3 is 5.32 Å². The number of hydrogen-bond donors (Lipinski definition) is 1. The van der Waals surface area contributed by atoms with E-state index < -0.39 is 24.2 Å². The molecule has 3 heterocycles. The molecular weight excluding hydrogens is 372 g/mol. The highest BCUT2D eigenvalue weighted by molar-refractivity contribution is 5.44. The minimum Gasteiger partial charge on any atom is -0.316 e. The zero-order chi connectivity index (χ0) is 19.9. The molecule has 154 valence electrons. The maximum Gasteiger partial charge on any atom is 0.391 e. The first-order chi connectivity index (χ1) is 13.3. The van der Waals surface area contributed by atoms with Gasteiger partial charge in [-0.05, 0) is 58.1 Å². The lowest BCUT2D eigenvalue weighted by Crippen LogP contribution is -2.46. The van der Waals surface area contributed by atoms with Gasteiger partial charge in [0.05, 0.1) is 22.7 Å². The summed E-state index contributed by atoms with van der Waals surface area (Å²) in [5, 5.41) is 8.00. The van der Waals surface area contributed by atoms with Crippen LogP contribution in [0.5, 0.6) is 0 Å². The minimum absolute atomic E-state index is 0.000682. The lowest BCUT2D eigenvalue weighted by molar-refractivity contribution is -0.182. The maximum atomic E-state index is 14.2. The lowest BCUT2D eigenvalue weighted by Gasteiger charge is -2.35. The molecule has 1 N–H and O–H groups in total. The summed E-state index contributed by atoms with van der Waals surface area (Å²) in [7, 11) is 0. The molecule has 0 aromatic carbocycles. The van der Waals surface area contributed by atoms with E-state index in [-0.39, 0.29) is 18.8 Å². The number of aryl methyl sites for hydroxylation is 1. The van der Waals surface area contributed by atoms with E-state index in [9.17, 15) is 17.6 Å². The summed E-state index contributed by atoms with van der Waals surface area (Å²) in [4.78, 5) is 4.54. The average Bonchev–Trinajstić information content (AvgIpc) is 3.11. The first-order valence-electron chi connectivity index (χ1n) is 10.0. The van der Waals surface area contributed by atoms with Gasteiger partial charge in [0.15, 0.2) is 5.65 Å². The standard InChI is InChI=1S/C20H26F4N4/c1-13-9-17(19(11-21)7-2-8-25-12-19)28-18(26-13)10-16(27-28)14-3-5-15(6-4-14)20(22,23)24/h9-10,14-15,25H,2-8,11-12H2,1H3/t14-,15-,19?. The molecule has 1 unspecified atom stereocenters. The predicted molar refractivity (Wildman–Crippen MR) is 98.2 cm³/mol. The Kier molecular flexibility index (Phi) is 5.10. The van der Waals surface area contributed by atoms with Gasteiger partial charge in [0.2, 0.25) is 0 Å². The van der Waals surface area contributed by atoms with Gasteiger partial charge in [-0.1, -0.05) is 0 Å². The van der Waals surface area contributed by atoms with Crippen molar-refractivity contribution in [3.8, 4) is 0 Å². The number of nitrogens with zero attached hydrogens (tertiary/aromatic N) is 3. The third-order valence-corrected chi connectivity index (χ3v) is 6.45. The van der Waals surface area contributed by atoms with Crippen LogP contribution in [0.2, 0.25) is 0 Å². The van der Waals surface area contributed by atoms with Crippen LogP contribution in [-0.2, 0) is 5.41 Å². The fourth-order valence-electron chi connectivity index (χ4n) is 4.78. The molecule has 2 aliphatic rings. The van der Waals surface area contributed by atoms with Gasteiger partial charge in [-0.25, -0.2) is 9.50 Å². The van der Waals surface area contributed by atoms with Crippen molar-refractivity contribution in [2.24, 2.45) is 5.92 Å². The van der Waals surface area contributed by atoms with Crippen LogP contribution in [0.3, 0.4) is 0 Å². The van der Waals surface area contributed by atoms with Crippen LogP contribution in [-0.4, -0.2) is 40.5 Å². The van der Waals surface area contributed by atoms with E-state index in [1.165, 1.54) is 0 Å². The number of halogens is 4. The largest absolute Gasteiger partial charge is 0.391 e. The summed E-state index contributed by atoms with van der Waals surface area (Å²) in [5.74, 6) is -1.21. The molecule has 2 fully saturated rings. The molecule has 2 aromatic rings. The van der Waals surface area contributed by atoms with E-state index in [2.05, 4.69) is 10.3 Å². The molecule has 1 aliphatic carbocycles. The summed E-state index contributed by atoms with van der Waals surface area (Å²) in [6.45, 7) is 2.83. The molecule has 2 aromatic heterocycles. The number of piperidine rings is 1. The van der Waals surface area contributed by atoms with Gasteiger partial charge in [-0.2, -0.15) is 18.3 Å². The smallest absolute Gasteiger partial charge is 0.316 e. The van der Waals surface area contributed by atoms with Crippen LogP contribution in [0.4, 0.5) is 17.6 Å². The second-order valence-electron chi connectivity index (χ2n) is 8.41. The number of hydrogen-bond acceptors (Lipinski definition) is 3. The zero-order valence-corrected chi connectivity index (χ0v) is 16.0. The Labute approximate surface area is 161 Å². The third-order valence-electron chi connectivity index (χ3n) is 6.45. The van der Waals surface area contributed by atoms with Gasteiger partial charge in [0.1, 0.15) is 6.67 Å². The van der Waals surface area contributed by atoms with Gasteiger partial charge in [0, 0.05) is 24.2 Å². The quantitative estimate of drug-likeness (QED) is 0.776. The summed E-state index contributed by atoms with van der Waals surface area (Å²) in [6, 6.07) is 3.77. The van der Waals surface area contributed by atoms with E-state index in [1.807, 2.05) is 19.1 Å². The molecule has 4 rings (SSSR count). The monoisotopic (exact) mass is 398 g/mol. The van der Waals surface area contributed by atoms with Gasteiger partial charge in [-0.3, -0.25) is 4.39 Å². The Morgan fingerprint density at radius 1 is 1.21 bits per heavy atom. The first kappa shape index (κ1) is 19.6. The van der Waals surface area contributed by atoms with E-state index >= 15 is 0 Å². The number of aromatic nitrogens is 3. The van der Waals surface area contributed by atoms with Crippen molar-refractivity contribution in [2.75, 3.05) is 19.8 Å². The summed E-state index contributed by atoms with van der Waals surface area (Å²) in [5.41, 5.74) is 2.40. The van der Waals surface area contributed by atoms with Crippen LogP contribution in [0, 0.1) is 12.8 Å². The van der Waals surface area contributed by atoms with Crippen molar-refractivity contribution in [1.29, 1.82) is 0 Å². The van der Waals surface area contributed by atoms with Gasteiger partial charge >= 0.3 is 6.18 Å². The fraction of sp³-hybridized carbons (Fsp3) is 0.700. The highest BCUT2D eigenvalue weighted by Crippen LogP contribution is 2.43. The fourth-order valence-corrected chi connectivity index (χ4v) is 4.78. The first-order valence-corrected chi connectivity index (χ1v) is 10.0. The Morgan fingerprint density at radius 2 is 1.96 bits per heavy atom. The minimum atomic E-state index is -4.11. The van der Waals surface area contributed by atoms with Crippen LogP contribution in [0.15, 0.2) is 12.1 Å². The predicted octanol–water partition coefficient (Wildman–Crippen LogP) is 4.46. The molecular formula is C20H26F4N4. The van der Waals surface area contributed by atoms with E-state index in [0.717, 1.165) is 36.5 Å². The van der Waals surface area contributed by atoms with Gasteiger partial charge in [0.25, 0.3) is 0 Å². The molecule has 0 bridgehead atoms. The molecule has 1 atom stereocenters. The number of fused-ring (bicyclic) bond motifs is 1. The lowest BCUT2D eigenvalue weighted by atomic mass is 9.78. The van der Waals surface area contributed by atoms with E-state index in [1.54, 1.807) is 4.52 Å². The molecule has 4 nitrogen and oxygen atoms in total. The van der Waals surface area contributed by atoms with Crippen molar-refractivity contribution >= 4 is 5.65 Å². The Balaban J connectivity index is 1.66. The summed E-state index contributed by atoms with van der Waals surface area (Å²) in [6.07, 6.45) is -1.27. The van der Waals surface area contributed by atoms with E-state index in [0.29, 0.717) is 25.0 Å². The molecule has 0 radical (unpaired) electrons. The molecule has 1 aliphatic heterocycles. The zero-order valence-electron chi connectivity index (χ0n) is 16.0. The highest BCUT2D eigenvalue weighted by atomic mass is 19.4. The molecule has 1 saturated heterocycles. The van der Waals surface area contributed by atoms with Crippen molar-refractivity contribution in [3.63, 3.8) is 0 Å². The normalized spacial score (nSPS) is 29.3. The van der Waals surface area contributed by atoms with Crippen LogP contribution < -0.4 is 5.32 Å². The molecule has 8 heteroatoms. The average molecular weight is 398 g/mol. The van der Waals surface area contributed by atoms with Crippen molar-refractivity contribution < 1.29 is 17.6 Å². The molecule has 28 heavy (non-hydrogen) atoms. The van der Waals surface area contributed by atoms with Crippen LogP contribution >= 0.6 is 0 Å². The number of alkyl halides is 4. The SMILES string of the molecule is Cc1cc(C2(CF)CCCNC2)n2nc([C@H]3CC[C@H](C(F)(F)F)CC3)cc2n1. The Morgan fingerprint density at radius 3 is 2.57 bits per heavy atom. The molecule has 1 saturated carbocycles. The second-order valence-corrected chi connectivity index (χ2v) is 8.41. The molecule has 0 spiro atoms. The van der Waals surface area contributed by atoms with Crippen LogP contribution in [0.25, 0.3) is 5.65 Å². The summed E-state index contributed by atoms with van der Waals surface area (Å²) < 4.78 is 54.8. The summed E-state index contributed by atoms with van der Waals surface area (Å²) >= 11 is 0. The third kappa shape index (κ3) is 3.51. The van der Waals surface area contributed by atoms with Crippen molar-refractivity contribution in [1.82, 2.24) is 19.9 Å². The Bertz CT molecular complexity index is 831. The Hall–Kier alpha value is -1.70. The van der Waals surface area contributed by atoms with Crippen LogP contribution in [0.1, 0.15) is 61.5 Å². The van der Waals surface area contributed by atoms with Gasteiger partial charge in [-0.15, -0.1) is 0 Å². The molecule has 0 amide bonds. The van der Waals surface area contributed by atoms with Crippen molar-refractivity contribution in [3.05, 3.63) is 29.2 Å². The topological polar surface area (TPSA) is 42.2 Å². The van der Waals surface area contributed by atoms with Crippen molar-refractivity contribution in [2.45, 2.75) is 63.0 Å². The number of rotatable bonds is 3. The van der Waals surface area contributed by atoms with E-state index in [4.69, 9.17) is 5.10 Å². The maximum absolute atomic E-state index is 14.2.